The molecule has 110 valence electrons. The first kappa shape index (κ1) is 14.5. The quantitative estimate of drug-likeness (QED) is 0.919. The van der Waals surface area contributed by atoms with E-state index in [1.54, 1.807) is 6.07 Å². The molecule has 1 fully saturated rings. The highest BCUT2D eigenvalue weighted by atomic mass is 35.5. The molecular formula is C15H19Cl2NO2. The van der Waals surface area contributed by atoms with E-state index in [2.05, 4.69) is 5.32 Å². The van der Waals surface area contributed by atoms with Crippen molar-refractivity contribution in [3.63, 3.8) is 0 Å². The van der Waals surface area contributed by atoms with Crippen LogP contribution in [0.25, 0.3) is 0 Å². The molecule has 2 aliphatic rings. The fraction of sp³-hybridized carbons (Fsp3) is 0.600. The highest BCUT2D eigenvalue weighted by Crippen LogP contribution is 2.40. The van der Waals surface area contributed by atoms with Crippen molar-refractivity contribution in [3.8, 4) is 5.75 Å². The van der Waals surface area contributed by atoms with Crippen LogP contribution in [0.4, 0.5) is 0 Å². The van der Waals surface area contributed by atoms with E-state index in [9.17, 15) is 0 Å². The van der Waals surface area contributed by atoms with Crippen molar-refractivity contribution in [2.24, 2.45) is 5.92 Å². The van der Waals surface area contributed by atoms with Gasteiger partial charge in [-0.05, 0) is 30.9 Å². The molecule has 3 nitrogen and oxygen atoms in total. The second-order valence-corrected chi connectivity index (χ2v) is 6.33. The smallest absolute Gasteiger partial charge is 0.142 e. The van der Waals surface area contributed by atoms with Gasteiger partial charge in [0, 0.05) is 36.2 Å². The summed E-state index contributed by atoms with van der Waals surface area (Å²) in [6.07, 6.45) is 3.34. The molecule has 0 saturated carbocycles. The van der Waals surface area contributed by atoms with Crippen LogP contribution in [-0.4, -0.2) is 26.4 Å². The SMILES string of the molecule is Clc1cc(Cl)c2c(c1)C(NCC1CCCOC1)CCO2. The maximum Gasteiger partial charge on any atom is 0.142 e. The zero-order valence-corrected chi connectivity index (χ0v) is 12.8. The standard InChI is InChI=1S/C15H19Cl2NO2/c16-11-6-12-14(3-5-20-15(12)13(17)7-11)18-8-10-2-1-4-19-9-10/h6-7,10,14,18H,1-5,8-9H2. The van der Waals surface area contributed by atoms with Crippen molar-refractivity contribution in [3.05, 3.63) is 27.7 Å². The molecule has 0 amide bonds. The summed E-state index contributed by atoms with van der Waals surface area (Å²) < 4.78 is 11.2. The fourth-order valence-electron chi connectivity index (χ4n) is 2.92. The summed E-state index contributed by atoms with van der Waals surface area (Å²) in [5.74, 6) is 1.38. The van der Waals surface area contributed by atoms with E-state index in [1.807, 2.05) is 6.07 Å². The van der Waals surface area contributed by atoms with Crippen molar-refractivity contribution < 1.29 is 9.47 Å². The predicted molar refractivity (Wildman–Crippen MR) is 80.9 cm³/mol. The summed E-state index contributed by atoms with van der Waals surface area (Å²) in [4.78, 5) is 0. The average Bonchev–Trinajstić information content (AvgIpc) is 2.46. The lowest BCUT2D eigenvalue weighted by atomic mass is 9.98. The topological polar surface area (TPSA) is 30.5 Å². The average molecular weight is 316 g/mol. The molecule has 0 bridgehead atoms. The van der Waals surface area contributed by atoms with Crippen LogP contribution in [0.5, 0.6) is 5.75 Å². The minimum Gasteiger partial charge on any atom is -0.492 e. The lowest BCUT2D eigenvalue weighted by Gasteiger charge is -2.30. The Morgan fingerprint density at radius 3 is 2.90 bits per heavy atom. The molecule has 2 atom stereocenters. The van der Waals surface area contributed by atoms with E-state index in [4.69, 9.17) is 32.7 Å². The molecule has 2 heterocycles. The molecule has 0 radical (unpaired) electrons. The van der Waals surface area contributed by atoms with Crippen LogP contribution in [0.15, 0.2) is 12.1 Å². The summed E-state index contributed by atoms with van der Waals surface area (Å²) in [5, 5.41) is 4.88. The first-order chi connectivity index (χ1) is 9.74. The van der Waals surface area contributed by atoms with Crippen LogP contribution in [-0.2, 0) is 4.74 Å². The molecule has 1 aromatic rings. The summed E-state index contributed by atoms with van der Waals surface area (Å²) in [7, 11) is 0. The highest BCUT2D eigenvalue weighted by Gasteiger charge is 2.25. The van der Waals surface area contributed by atoms with Crippen molar-refractivity contribution in [1.82, 2.24) is 5.32 Å². The highest BCUT2D eigenvalue weighted by molar-refractivity contribution is 6.35. The monoisotopic (exact) mass is 315 g/mol. The van der Waals surface area contributed by atoms with Gasteiger partial charge in [0.15, 0.2) is 0 Å². The Hall–Kier alpha value is -0.480. The van der Waals surface area contributed by atoms with Crippen molar-refractivity contribution in [2.45, 2.75) is 25.3 Å². The molecule has 2 aliphatic heterocycles. The van der Waals surface area contributed by atoms with Gasteiger partial charge in [-0.15, -0.1) is 0 Å². The lowest BCUT2D eigenvalue weighted by Crippen LogP contribution is -2.34. The molecule has 0 aliphatic carbocycles. The van der Waals surface area contributed by atoms with E-state index in [-0.39, 0.29) is 6.04 Å². The lowest BCUT2D eigenvalue weighted by molar-refractivity contribution is 0.0531. The number of hydrogen-bond donors (Lipinski definition) is 1. The van der Waals surface area contributed by atoms with Crippen LogP contribution in [0.1, 0.15) is 30.9 Å². The number of halogens is 2. The van der Waals surface area contributed by atoms with Crippen LogP contribution < -0.4 is 10.1 Å². The number of hydrogen-bond acceptors (Lipinski definition) is 3. The van der Waals surface area contributed by atoms with E-state index >= 15 is 0 Å². The summed E-state index contributed by atoms with van der Waals surface area (Å²) >= 11 is 12.3. The third-order valence-corrected chi connectivity index (χ3v) is 4.47. The Labute approximate surface area is 129 Å². The minimum absolute atomic E-state index is 0.261. The largest absolute Gasteiger partial charge is 0.492 e. The van der Waals surface area contributed by atoms with E-state index < -0.39 is 0 Å². The maximum absolute atomic E-state index is 6.20. The Kier molecular flexibility index (Phi) is 4.72. The fourth-order valence-corrected chi connectivity index (χ4v) is 3.48. The van der Waals surface area contributed by atoms with Crippen LogP contribution in [0.2, 0.25) is 10.0 Å². The first-order valence-corrected chi connectivity index (χ1v) is 7.92. The van der Waals surface area contributed by atoms with Gasteiger partial charge in [0.2, 0.25) is 0 Å². The zero-order valence-electron chi connectivity index (χ0n) is 11.3. The summed E-state index contributed by atoms with van der Waals surface area (Å²) in [5.41, 5.74) is 1.07. The number of fused-ring (bicyclic) bond motifs is 1. The first-order valence-electron chi connectivity index (χ1n) is 7.17. The normalized spacial score (nSPS) is 25.9. The molecule has 0 spiro atoms. The second kappa shape index (κ2) is 6.52. The maximum atomic E-state index is 6.20. The van der Waals surface area contributed by atoms with Gasteiger partial charge in [-0.25, -0.2) is 0 Å². The van der Waals surface area contributed by atoms with Crippen molar-refractivity contribution in [2.75, 3.05) is 26.4 Å². The molecule has 0 aromatic heterocycles. The third-order valence-electron chi connectivity index (χ3n) is 3.97. The van der Waals surface area contributed by atoms with Crippen LogP contribution in [0.3, 0.4) is 0 Å². The number of rotatable bonds is 3. The molecular weight excluding hydrogens is 297 g/mol. The minimum atomic E-state index is 0.261. The molecule has 20 heavy (non-hydrogen) atoms. The van der Waals surface area contributed by atoms with Crippen LogP contribution in [0, 0.1) is 5.92 Å². The molecule has 1 N–H and O–H groups in total. The summed E-state index contributed by atoms with van der Waals surface area (Å²) in [6, 6.07) is 3.95. The predicted octanol–water partition coefficient (Wildman–Crippen LogP) is 3.83. The summed E-state index contributed by atoms with van der Waals surface area (Å²) in [6.45, 7) is 3.42. The number of nitrogens with one attached hydrogen (secondary N) is 1. The molecule has 5 heteroatoms. The van der Waals surface area contributed by atoms with E-state index in [0.717, 1.165) is 43.9 Å². The third kappa shape index (κ3) is 3.22. The zero-order chi connectivity index (χ0) is 13.9. The van der Waals surface area contributed by atoms with Gasteiger partial charge in [0.05, 0.1) is 18.2 Å². The van der Waals surface area contributed by atoms with Crippen molar-refractivity contribution in [1.29, 1.82) is 0 Å². The van der Waals surface area contributed by atoms with Gasteiger partial charge in [0.25, 0.3) is 0 Å². The van der Waals surface area contributed by atoms with Gasteiger partial charge in [0.1, 0.15) is 5.75 Å². The van der Waals surface area contributed by atoms with Gasteiger partial charge in [-0.2, -0.15) is 0 Å². The molecule has 2 unspecified atom stereocenters. The van der Waals surface area contributed by atoms with Crippen LogP contribution >= 0.6 is 23.2 Å². The van der Waals surface area contributed by atoms with Gasteiger partial charge in [-0.1, -0.05) is 23.2 Å². The van der Waals surface area contributed by atoms with Crippen molar-refractivity contribution >= 4 is 23.2 Å². The Bertz CT molecular complexity index is 475. The number of benzene rings is 1. The molecule has 3 rings (SSSR count). The Morgan fingerprint density at radius 2 is 2.10 bits per heavy atom. The van der Waals surface area contributed by atoms with Gasteiger partial charge < -0.3 is 14.8 Å². The molecule has 1 saturated heterocycles. The van der Waals surface area contributed by atoms with Gasteiger partial charge >= 0.3 is 0 Å². The Morgan fingerprint density at radius 1 is 1.20 bits per heavy atom. The molecule has 1 aromatic carbocycles. The Balaban J connectivity index is 1.69. The second-order valence-electron chi connectivity index (χ2n) is 5.49. The van der Waals surface area contributed by atoms with Gasteiger partial charge in [-0.3, -0.25) is 0 Å². The van der Waals surface area contributed by atoms with E-state index in [1.165, 1.54) is 6.42 Å². The number of ether oxygens (including phenoxy) is 2. The van der Waals surface area contributed by atoms with E-state index in [0.29, 0.717) is 22.6 Å².